The number of hydrogen-bond acceptors (Lipinski definition) is 3. The third kappa shape index (κ3) is 6.51. The lowest BCUT2D eigenvalue weighted by atomic mass is 9.92. The van der Waals surface area contributed by atoms with Crippen molar-refractivity contribution in [3.63, 3.8) is 0 Å². The van der Waals surface area contributed by atoms with Crippen molar-refractivity contribution in [3.8, 4) is 17.6 Å². The Bertz CT molecular complexity index is 1480. The molecule has 0 fully saturated rings. The molecule has 1 amide bonds. The molecule has 5 nitrogen and oxygen atoms in total. The number of H-pyrrole nitrogens is 1. The molecule has 3 N–H and O–H groups in total. The van der Waals surface area contributed by atoms with Crippen molar-refractivity contribution >= 4 is 16.8 Å². The maximum Gasteiger partial charge on any atom is 0.573 e. The lowest BCUT2D eigenvalue weighted by Crippen LogP contribution is -2.50. The second kappa shape index (κ2) is 10.4. The Morgan fingerprint density at radius 3 is 2.41 bits per heavy atom. The molecule has 0 radical (unpaired) electrons. The molecular formula is C29H25F3N2O3. The molecule has 1 unspecified atom stereocenters. The van der Waals surface area contributed by atoms with E-state index in [1.165, 1.54) is 12.1 Å². The number of ether oxygens (including phenoxy) is 1. The minimum atomic E-state index is -4.99. The number of amides is 1. The van der Waals surface area contributed by atoms with Gasteiger partial charge >= 0.3 is 6.36 Å². The molecule has 1 atom stereocenters. The van der Waals surface area contributed by atoms with Crippen molar-refractivity contribution in [2.75, 3.05) is 6.61 Å². The number of carbonyl (C=O) groups is 1. The van der Waals surface area contributed by atoms with Gasteiger partial charge in [0.15, 0.2) is 0 Å². The lowest BCUT2D eigenvalue weighted by molar-refractivity contribution is -0.274. The predicted octanol–water partition coefficient (Wildman–Crippen LogP) is 5.50. The zero-order chi connectivity index (χ0) is 26.6. The summed E-state index contributed by atoms with van der Waals surface area (Å²) < 4.78 is 43.3. The van der Waals surface area contributed by atoms with Gasteiger partial charge in [-0.3, -0.25) is 4.79 Å². The van der Waals surface area contributed by atoms with Crippen LogP contribution in [0.2, 0.25) is 0 Å². The summed E-state index contributed by atoms with van der Waals surface area (Å²) in [4.78, 5) is 16.4. The molecule has 1 aromatic heterocycles. The van der Waals surface area contributed by atoms with E-state index in [9.17, 15) is 23.1 Å². The number of aromatic nitrogens is 1. The molecule has 0 aliphatic heterocycles. The molecule has 190 valence electrons. The quantitative estimate of drug-likeness (QED) is 0.303. The Morgan fingerprint density at radius 1 is 1.03 bits per heavy atom. The fourth-order valence-electron chi connectivity index (χ4n) is 3.96. The molecule has 4 rings (SSSR count). The highest BCUT2D eigenvalue weighted by Gasteiger charge is 2.34. The number of halogens is 3. The van der Waals surface area contributed by atoms with Crippen LogP contribution in [0, 0.1) is 18.8 Å². The van der Waals surface area contributed by atoms with Crippen LogP contribution in [0.5, 0.6) is 5.75 Å². The number of para-hydroxylation sites is 1. The molecule has 37 heavy (non-hydrogen) atoms. The van der Waals surface area contributed by atoms with Gasteiger partial charge in [-0.15, -0.1) is 13.2 Å². The summed E-state index contributed by atoms with van der Waals surface area (Å²) >= 11 is 0. The van der Waals surface area contributed by atoms with Gasteiger partial charge in [0.25, 0.3) is 5.91 Å². The van der Waals surface area contributed by atoms with E-state index in [0.29, 0.717) is 5.56 Å². The molecule has 0 aliphatic carbocycles. The van der Waals surface area contributed by atoms with Crippen molar-refractivity contribution in [1.82, 2.24) is 10.3 Å². The molecule has 1 heterocycles. The topological polar surface area (TPSA) is 74.3 Å². The number of carbonyl (C=O) groups excluding carboxylic acids is 1. The summed E-state index contributed by atoms with van der Waals surface area (Å²) in [5.41, 5.74) is 2.36. The third-order valence-corrected chi connectivity index (χ3v) is 5.87. The van der Waals surface area contributed by atoms with Crippen LogP contribution >= 0.6 is 0 Å². The zero-order valence-corrected chi connectivity index (χ0v) is 20.2. The maximum absolute atomic E-state index is 13.3. The lowest BCUT2D eigenvalue weighted by Gasteiger charge is -2.29. The van der Waals surface area contributed by atoms with Crippen LogP contribution < -0.4 is 10.1 Å². The van der Waals surface area contributed by atoms with Gasteiger partial charge in [-0.2, -0.15) is 0 Å². The first-order chi connectivity index (χ1) is 17.5. The monoisotopic (exact) mass is 506 g/mol. The van der Waals surface area contributed by atoms with E-state index < -0.39 is 30.2 Å². The minimum absolute atomic E-state index is 0.238. The van der Waals surface area contributed by atoms with Crippen molar-refractivity contribution in [3.05, 3.63) is 101 Å². The van der Waals surface area contributed by atoms with Crippen molar-refractivity contribution in [2.24, 2.45) is 0 Å². The number of aryl methyl sites for hydroxylation is 1. The number of nitrogens with one attached hydrogen (secondary N) is 2. The second-order valence-corrected chi connectivity index (χ2v) is 9.08. The number of fused-ring (bicyclic) bond motifs is 1. The van der Waals surface area contributed by atoms with Crippen LogP contribution in [-0.2, 0) is 6.42 Å². The first-order valence-electron chi connectivity index (χ1n) is 11.5. The smallest absolute Gasteiger partial charge is 0.405 e. The van der Waals surface area contributed by atoms with Crippen LogP contribution in [0.1, 0.15) is 39.5 Å². The molecule has 0 saturated heterocycles. The van der Waals surface area contributed by atoms with E-state index >= 15 is 0 Å². The molecule has 8 heteroatoms. The summed E-state index contributed by atoms with van der Waals surface area (Å²) in [5.74, 6) is 4.34. The largest absolute Gasteiger partial charge is 0.573 e. The standard InChI is InChI=1S/C29H25F3N2O3/c1-19-7-9-20(10-8-19)11-12-21-13-14-26(37-29(30,31)32)24(15-21)27(36)34-28(2,18-35)16-22-17-33-25-6-4-3-5-23(22)25/h3-10,13-15,17,33,35H,16,18H2,1-2H3,(H,34,36). The van der Waals surface area contributed by atoms with Crippen LogP contribution in [0.25, 0.3) is 10.9 Å². The number of benzene rings is 3. The van der Waals surface area contributed by atoms with Gasteiger partial charge in [-0.05, 0) is 62.2 Å². The summed E-state index contributed by atoms with van der Waals surface area (Å²) in [6.45, 7) is 3.12. The van der Waals surface area contributed by atoms with Crippen molar-refractivity contribution in [2.45, 2.75) is 32.2 Å². The van der Waals surface area contributed by atoms with E-state index in [1.54, 1.807) is 13.1 Å². The predicted molar refractivity (Wildman–Crippen MR) is 135 cm³/mol. The SMILES string of the molecule is Cc1ccc(C#Cc2ccc(OC(F)(F)F)c(C(=O)NC(C)(CO)Cc3c[nH]c4ccccc34)c2)cc1. The average molecular weight is 507 g/mol. The highest BCUT2D eigenvalue weighted by Crippen LogP contribution is 2.29. The number of rotatable bonds is 6. The zero-order valence-electron chi connectivity index (χ0n) is 20.2. The molecule has 0 spiro atoms. The molecule has 0 aliphatic rings. The van der Waals surface area contributed by atoms with Gasteiger partial charge in [-0.25, -0.2) is 0 Å². The van der Waals surface area contributed by atoms with E-state index in [2.05, 4.69) is 26.9 Å². The summed E-state index contributed by atoms with van der Waals surface area (Å²) in [6.07, 6.45) is -2.97. The first-order valence-corrected chi connectivity index (χ1v) is 11.5. The Kier molecular flexibility index (Phi) is 7.28. The Balaban J connectivity index is 1.64. The fraction of sp³-hybridized carbons (Fsp3) is 0.207. The van der Waals surface area contributed by atoms with E-state index in [1.807, 2.05) is 55.5 Å². The Morgan fingerprint density at radius 2 is 1.70 bits per heavy atom. The van der Waals surface area contributed by atoms with Gasteiger partial charge < -0.3 is 20.1 Å². The van der Waals surface area contributed by atoms with Crippen LogP contribution in [0.3, 0.4) is 0 Å². The van der Waals surface area contributed by atoms with E-state index in [-0.39, 0.29) is 12.0 Å². The molecular weight excluding hydrogens is 481 g/mol. The highest BCUT2D eigenvalue weighted by molar-refractivity contribution is 5.98. The third-order valence-electron chi connectivity index (χ3n) is 5.87. The number of aliphatic hydroxyl groups excluding tert-OH is 1. The summed E-state index contributed by atoms with van der Waals surface area (Å²) in [6, 6.07) is 18.7. The van der Waals surface area contributed by atoms with Crippen LogP contribution in [0.4, 0.5) is 13.2 Å². The highest BCUT2D eigenvalue weighted by atomic mass is 19.4. The number of aliphatic hydroxyl groups is 1. The molecule has 4 aromatic rings. The molecule has 0 bridgehead atoms. The fourth-order valence-corrected chi connectivity index (χ4v) is 3.96. The number of aromatic amines is 1. The minimum Gasteiger partial charge on any atom is -0.405 e. The van der Waals surface area contributed by atoms with Crippen molar-refractivity contribution in [1.29, 1.82) is 0 Å². The number of alkyl halides is 3. The number of hydrogen-bond donors (Lipinski definition) is 3. The van der Waals surface area contributed by atoms with Gasteiger partial charge in [0, 0.05) is 28.2 Å². The Labute approximate surface area is 212 Å². The van der Waals surface area contributed by atoms with Crippen LogP contribution in [0.15, 0.2) is 72.9 Å². The van der Waals surface area contributed by atoms with Gasteiger partial charge in [-0.1, -0.05) is 47.7 Å². The normalized spacial score (nSPS) is 12.9. The van der Waals surface area contributed by atoms with Gasteiger partial charge in [0.1, 0.15) is 5.75 Å². The second-order valence-electron chi connectivity index (χ2n) is 9.08. The molecule has 0 saturated carbocycles. The van der Waals surface area contributed by atoms with E-state index in [4.69, 9.17) is 0 Å². The average Bonchev–Trinajstić information content (AvgIpc) is 3.25. The summed E-state index contributed by atoms with van der Waals surface area (Å²) in [5, 5.41) is 13.8. The molecule has 3 aromatic carbocycles. The van der Waals surface area contributed by atoms with Gasteiger partial charge in [0.2, 0.25) is 0 Å². The van der Waals surface area contributed by atoms with E-state index in [0.717, 1.165) is 33.7 Å². The summed E-state index contributed by atoms with van der Waals surface area (Å²) in [7, 11) is 0. The van der Waals surface area contributed by atoms with Gasteiger partial charge in [0.05, 0.1) is 17.7 Å². The Hall–Kier alpha value is -4.22. The first kappa shape index (κ1) is 25.9. The van der Waals surface area contributed by atoms with Crippen LogP contribution in [-0.4, -0.2) is 34.5 Å². The van der Waals surface area contributed by atoms with Crippen molar-refractivity contribution < 1.29 is 27.8 Å². The maximum atomic E-state index is 13.3.